The minimum Gasteiger partial charge on any atom is -0.338 e. The van der Waals surface area contributed by atoms with Crippen LogP contribution in [-0.4, -0.2) is 9.55 Å². The van der Waals surface area contributed by atoms with Crippen molar-refractivity contribution in [2.45, 2.75) is 12.5 Å². The van der Waals surface area contributed by atoms with Crippen LogP contribution in [0.1, 0.15) is 16.7 Å². The monoisotopic (exact) mass is 363 g/mol. The van der Waals surface area contributed by atoms with Gasteiger partial charge >= 0.3 is 0 Å². The van der Waals surface area contributed by atoms with E-state index in [0.29, 0.717) is 0 Å². The third-order valence-electron chi connectivity index (χ3n) is 2.35. The van der Waals surface area contributed by atoms with Gasteiger partial charge in [-0.05, 0) is 37.9 Å². The van der Waals surface area contributed by atoms with Crippen molar-refractivity contribution in [1.82, 2.24) is 9.55 Å². The normalized spacial score (nSPS) is 13.0. The molecule has 1 unspecified atom stereocenters. The Kier molecular flexibility index (Phi) is 3.84. The predicted molar refractivity (Wildman–Crippen MR) is 73.6 cm³/mol. The van der Waals surface area contributed by atoms with E-state index >= 15 is 0 Å². The number of aryl methyl sites for hydroxylation is 1. The van der Waals surface area contributed by atoms with Crippen molar-refractivity contribution < 1.29 is 0 Å². The maximum Gasteiger partial charge on any atom is 0.110 e. The van der Waals surface area contributed by atoms with Gasteiger partial charge < -0.3 is 10.3 Å². The van der Waals surface area contributed by atoms with Crippen molar-refractivity contribution in [1.29, 1.82) is 0 Å². The SMILES string of the molecule is Cn1ccnc1CC(N)c1cc(Br)c(Br)s1. The van der Waals surface area contributed by atoms with E-state index in [0.717, 1.165) is 25.4 Å². The average molecular weight is 365 g/mol. The van der Waals surface area contributed by atoms with E-state index in [9.17, 15) is 0 Å². The molecule has 6 heteroatoms. The Bertz CT molecular complexity index is 472. The highest BCUT2D eigenvalue weighted by molar-refractivity contribution is 9.13. The topological polar surface area (TPSA) is 43.8 Å². The quantitative estimate of drug-likeness (QED) is 0.908. The predicted octanol–water partition coefficient (Wildman–Crippen LogP) is 3.25. The number of halogens is 2. The van der Waals surface area contributed by atoms with Gasteiger partial charge in [-0.3, -0.25) is 0 Å². The molecule has 0 aliphatic heterocycles. The van der Waals surface area contributed by atoms with Gasteiger partial charge in [-0.2, -0.15) is 0 Å². The first-order valence-electron chi connectivity index (χ1n) is 4.74. The molecule has 0 spiro atoms. The highest BCUT2D eigenvalue weighted by Crippen LogP contribution is 2.35. The van der Waals surface area contributed by atoms with Crippen LogP contribution in [-0.2, 0) is 13.5 Å². The van der Waals surface area contributed by atoms with Crippen molar-refractivity contribution >= 4 is 43.2 Å². The molecule has 2 heterocycles. The fourth-order valence-corrected chi connectivity index (χ4v) is 3.53. The Balaban J connectivity index is 2.14. The van der Waals surface area contributed by atoms with E-state index in [1.54, 1.807) is 17.5 Å². The summed E-state index contributed by atoms with van der Waals surface area (Å²) in [6.07, 6.45) is 4.48. The average Bonchev–Trinajstić information content (AvgIpc) is 2.76. The van der Waals surface area contributed by atoms with E-state index in [1.165, 1.54) is 0 Å². The van der Waals surface area contributed by atoms with E-state index in [1.807, 2.05) is 17.8 Å². The smallest absolute Gasteiger partial charge is 0.110 e. The van der Waals surface area contributed by atoms with E-state index in [4.69, 9.17) is 5.73 Å². The molecule has 0 saturated heterocycles. The molecule has 0 aromatic carbocycles. The summed E-state index contributed by atoms with van der Waals surface area (Å²) in [4.78, 5) is 5.43. The molecule has 3 nitrogen and oxygen atoms in total. The Labute approximate surface area is 115 Å². The van der Waals surface area contributed by atoms with Gasteiger partial charge in [0, 0.05) is 41.3 Å². The van der Waals surface area contributed by atoms with Crippen molar-refractivity contribution in [3.05, 3.63) is 37.4 Å². The highest BCUT2D eigenvalue weighted by atomic mass is 79.9. The molecular weight excluding hydrogens is 354 g/mol. The summed E-state index contributed by atoms with van der Waals surface area (Å²) >= 11 is 8.59. The van der Waals surface area contributed by atoms with Crippen LogP contribution in [0.2, 0.25) is 0 Å². The summed E-state index contributed by atoms with van der Waals surface area (Å²) in [7, 11) is 1.98. The van der Waals surface area contributed by atoms with Gasteiger partial charge in [-0.1, -0.05) is 0 Å². The highest BCUT2D eigenvalue weighted by Gasteiger charge is 2.14. The van der Waals surface area contributed by atoms with Crippen LogP contribution in [0.3, 0.4) is 0 Å². The largest absolute Gasteiger partial charge is 0.338 e. The van der Waals surface area contributed by atoms with E-state index in [2.05, 4.69) is 42.9 Å². The van der Waals surface area contributed by atoms with Crippen LogP contribution >= 0.6 is 43.2 Å². The maximum absolute atomic E-state index is 6.15. The lowest BCUT2D eigenvalue weighted by molar-refractivity contribution is 0.668. The van der Waals surface area contributed by atoms with Crippen LogP contribution < -0.4 is 5.73 Å². The maximum atomic E-state index is 6.15. The summed E-state index contributed by atoms with van der Waals surface area (Å²) in [6, 6.07) is 2.05. The third kappa shape index (κ3) is 2.56. The first-order chi connectivity index (χ1) is 7.58. The fraction of sp³-hybridized carbons (Fsp3) is 0.300. The third-order valence-corrected chi connectivity index (χ3v) is 5.74. The Morgan fingerprint density at radius 1 is 1.56 bits per heavy atom. The van der Waals surface area contributed by atoms with Crippen molar-refractivity contribution in [3.8, 4) is 0 Å². The lowest BCUT2D eigenvalue weighted by Crippen LogP contribution is -2.14. The molecule has 0 radical (unpaired) electrons. The van der Waals surface area contributed by atoms with Crippen molar-refractivity contribution in [2.24, 2.45) is 12.8 Å². The summed E-state index contributed by atoms with van der Waals surface area (Å²) in [5.74, 6) is 1.01. The van der Waals surface area contributed by atoms with Crippen LogP contribution in [0, 0.1) is 0 Å². The standard InChI is InChI=1S/C10H11Br2N3S/c1-15-3-2-14-9(15)5-7(13)8-4-6(11)10(12)16-8/h2-4,7H,5,13H2,1H3. The number of nitrogens with two attached hydrogens (primary N) is 1. The van der Waals surface area contributed by atoms with Gasteiger partial charge in [-0.25, -0.2) is 4.98 Å². The fourth-order valence-electron chi connectivity index (χ4n) is 1.44. The number of imidazole rings is 1. The zero-order valence-corrected chi connectivity index (χ0v) is 12.6. The Hall–Kier alpha value is -0.170. The molecule has 0 aliphatic carbocycles. The van der Waals surface area contributed by atoms with Crippen LogP contribution in [0.5, 0.6) is 0 Å². The number of aromatic nitrogens is 2. The molecule has 2 aromatic heterocycles. The van der Waals surface area contributed by atoms with Gasteiger partial charge in [0.15, 0.2) is 0 Å². The van der Waals surface area contributed by atoms with Crippen molar-refractivity contribution in [3.63, 3.8) is 0 Å². The molecule has 0 bridgehead atoms. The molecule has 2 aromatic rings. The lowest BCUT2D eigenvalue weighted by atomic mass is 10.2. The second-order valence-corrected chi connectivity index (χ2v) is 6.79. The molecule has 2 rings (SSSR count). The number of nitrogens with zero attached hydrogens (tertiary/aromatic N) is 2. The molecule has 0 aliphatic rings. The molecule has 0 amide bonds. The number of hydrogen-bond acceptors (Lipinski definition) is 3. The lowest BCUT2D eigenvalue weighted by Gasteiger charge is -2.08. The van der Waals surface area contributed by atoms with Gasteiger partial charge in [0.1, 0.15) is 5.82 Å². The summed E-state index contributed by atoms with van der Waals surface area (Å²) in [5, 5.41) is 0. The summed E-state index contributed by atoms with van der Waals surface area (Å²) in [5.41, 5.74) is 6.15. The van der Waals surface area contributed by atoms with E-state index in [-0.39, 0.29) is 6.04 Å². The molecule has 0 saturated carbocycles. The first-order valence-corrected chi connectivity index (χ1v) is 7.14. The summed E-state index contributed by atoms with van der Waals surface area (Å²) in [6.45, 7) is 0. The number of thiophene rings is 1. The number of hydrogen-bond donors (Lipinski definition) is 1. The molecule has 86 valence electrons. The van der Waals surface area contributed by atoms with Gasteiger partial charge in [0.2, 0.25) is 0 Å². The molecule has 1 atom stereocenters. The van der Waals surface area contributed by atoms with Gasteiger partial charge in [0.05, 0.1) is 3.79 Å². The van der Waals surface area contributed by atoms with Crippen LogP contribution in [0.25, 0.3) is 0 Å². The van der Waals surface area contributed by atoms with Crippen LogP contribution in [0.15, 0.2) is 26.7 Å². The van der Waals surface area contributed by atoms with Crippen molar-refractivity contribution in [2.75, 3.05) is 0 Å². The Morgan fingerprint density at radius 3 is 2.81 bits per heavy atom. The second-order valence-electron chi connectivity index (χ2n) is 3.54. The van der Waals surface area contributed by atoms with Crippen LogP contribution in [0.4, 0.5) is 0 Å². The minimum atomic E-state index is -0.00583. The van der Waals surface area contributed by atoms with Gasteiger partial charge in [-0.15, -0.1) is 11.3 Å². The second kappa shape index (κ2) is 5.00. The zero-order valence-electron chi connectivity index (χ0n) is 8.65. The summed E-state index contributed by atoms with van der Waals surface area (Å²) < 4.78 is 4.14. The molecule has 16 heavy (non-hydrogen) atoms. The molecule has 2 N–H and O–H groups in total. The van der Waals surface area contributed by atoms with E-state index < -0.39 is 0 Å². The first kappa shape index (κ1) is 12.3. The Morgan fingerprint density at radius 2 is 2.31 bits per heavy atom. The molecular formula is C10H11Br2N3S. The molecule has 0 fully saturated rings. The minimum absolute atomic E-state index is 0.00583. The van der Waals surface area contributed by atoms with Gasteiger partial charge in [0.25, 0.3) is 0 Å². The number of rotatable bonds is 3. The zero-order chi connectivity index (χ0) is 11.7.